The molecule has 0 saturated carbocycles. The van der Waals surface area contributed by atoms with E-state index in [0.717, 1.165) is 11.1 Å². The second-order valence-electron chi connectivity index (χ2n) is 4.46. The van der Waals surface area contributed by atoms with Crippen LogP contribution >= 0.6 is 0 Å². The highest BCUT2D eigenvalue weighted by atomic mass is 19.1. The van der Waals surface area contributed by atoms with Gasteiger partial charge in [-0.1, -0.05) is 0 Å². The van der Waals surface area contributed by atoms with Crippen LogP contribution in [0.25, 0.3) is 11.3 Å². The summed E-state index contributed by atoms with van der Waals surface area (Å²) >= 11 is 0. The summed E-state index contributed by atoms with van der Waals surface area (Å²) in [6, 6.07) is 6.66. The summed E-state index contributed by atoms with van der Waals surface area (Å²) in [5.41, 5.74) is 2.27. The van der Waals surface area contributed by atoms with E-state index in [0.29, 0.717) is 30.5 Å². The van der Waals surface area contributed by atoms with Crippen LogP contribution in [0.3, 0.4) is 0 Å². The Kier molecular flexibility index (Phi) is 4.63. The number of nitrogens with zero attached hydrogens (tertiary/aromatic N) is 2. The molecule has 106 valence electrons. The topological polar surface area (TPSA) is 47.0 Å². The molecule has 1 N–H and O–H groups in total. The minimum absolute atomic E-state index is 0.268. The lowest BCUT2D eigenvalue weighted by atomic mass is 10.1. The van der Waals surface area contributed by atoms with Crippen LogP contribution in [-0.4, -0.2) is 23.6 Å². The summed E-state index contributed by atoms with van der Waals surface area (Å²) in [5, 5.41) is 2.98. The van der Waals surface area contributed by atoms with E-state index < -0.39 is 0 Å². The second kappa shape index (κ2) is 6.43. The van der Waals surface area contributed by atoms with Crippen molar-refractivity contribution in [2.24, 2.45) is 0 Å². The highest BCUT2D eigenvalue weighted by Gasteiger charge is 2.08. The summed E-state index contributed by atoms with van der Waals surface area (Å²) in [5.74, 6) is 0.998. The maximum Gasteiger partial charge on any atom is 0.157 e. The normalized spacial score (nSPS) is 10.6. The number of aryl methyl sites for hydroxylation is 1. The number of ether oxygens (including phenoxy) is 1. The number of benzene rings is 1. The molecule has 0 fully saturated rings. The minimum Gasteiger partial charge on any atom is -0.374 e. The van der Waals surface area contributed by atoms with Crippen molar-refractivity contribution in [1.82, 2.24) is 9.97 Å². The molecule has 5 heteroatoms. The van der Waals surface area contributed by atoms with Crippen LogP contribution < -0.4 is 5.32 Å². The molecular formula is C15H18FN3O. The summed E-state index contributed by atoms with van der Waals surface area (Å²) in [4.78, 5) is 8.75. The molecule has 2 rings (SSSR count). The van der Waals surface area contributed by atoms with Gasteiger partial charge in [-0.2, -0.15) is 0 Å². The fourth-order valence-electron chi connectivity index (χ4n) is 1.92. The number of hydrogen-bond acceptors (Lipinski definition) is 4. The van der Waals surface area contributed by atoms with Gasteiger partial charge in [0.05, 0.1) is 5.69 Å². The zero-order valence-corrected chi connectivity index (χ0v) is 11.9. The van der Waals surface area contributed by atoms with E-state index in [1.807, 2.05) is 19.9 Å². The van der Waals surface area contributed by atoms with Crippen LogP contribution in [0.1, 0.15) is 18.3 Å². The first-order chi connectivity index (χ1) is 9.62. The van der Waals surface area contributed by atoms with Gasteiger partial charge in [0.25, 0.3) is 0 Å². The molecular weight excluding hydrogens is 257 g/mol. The Morgan fingerprint density at radius 3 is 2.65 bits per heavy atom. The highest BCUT2D eigenvalue weighted by molar-refractivity contribution is 5.63. The van der Waals surface area contributed by atoms with Gasteiger partial charge in [-0.15, -0.1) is 0 Å². The van der Waals surface area contributed by atoms with Gasteiger partial charge in [0, 0.05) is 25.3 Å². The van der Waals surface area contributed by atoms with Crippen molar-refractivity contribution < 1.29 is 9.13 Å². The van der Waals surface area contributed by atoms with Gasteiger partial charge in [0.2, 0.25) is 0 Å². The largest absolute Gasteiger partial charge is 0.374 e. The van der Waals surface area contributed by atoms with Gasteiger partial charge in [-0.3, -0.25) is 0 Å². The van der Waals surface area contributed by atoms with Crippen molar-refractivity contribution in [3.8, 4) is 11.3 Å². The number of anilines is 1. The number of nitrogens with one attached hydrogen (secondary N) is 1. The summed E-state index contributed by atoms with van der Waals surface area (Å²) in [6.45, 7) is 4.71. The van der Waals surface area contributed by atoms with E-state index in [1.165, 1.54) is 12.1 Å². The summed E-state index contributed by atoms with van der Waals surface area (Å²) in [6.07, 6.45) is 0. The third kappa shape index (κ3) is 3.51. The Labute approximate surface area is 118 Å². The molecule has 0 aliphatic heterocycles. The van der Waals surface area contributed by atoms with Gasteiger partial charge in [-0.25, -0.2) is 14.4 Å². The zero-order valence-electron chi connectivity index (χ0n) is 11.9. The van der Waals surface area contributed by atoms with Crippen molar-refractivity contribution in [3.63, 3.8) is 0 Å². The van der Waals surface area contributed by atoms with E-state index in [1.54, 1.807) is 13.1 Å². The Morgan fingerprint density at radius 2 is 2.00 bits per heavy atom. The smallest absolute Gasteiger partial charge is 0.157 e. The molecule has 0 saturated heterocycles. The molecule has 0 spiro atoms. The lowest BCUT2D eigenvalue weighted by Crippen LogP contribution is -2.04. The van der Waals surface area contributed by atoms with Gasteiger partial charge in [0.1, 0.15) is 18.2 Å². The third-order valence-corrected chi connectivity index (χ3v) is 2.80. The fourth-order valence-corrected chi connectivity index (χ4v) is 1.92. The first-order valence-corrected chi connectivity index (χ1v) is 6.53. The second-order valence-corrected chi connectivity index (χ2v) is 4.46. The summed E-state index contributed by atoms with van der Waals surface area (Å²) in [7, 11) is 1.79. The Hall–Kier alpha value is -2.01. The van der Waals surface area contributed by atoms with Crippen LogP contribution in [0.2, 0.25) is 0 Å². The number of hydrogen-bond donors (Lipinski definition) is 1. The quantitative estimate of drug-likeness (QED) is 0.910. The predicted molar refractivity (Wildman–Crippen MR) is 77.0 cm³/mol. The molecule has 0 radical (unpaired) electrons. The molecule has 0 amide bonds. The average molecular weight is 275 g/mol. The number of halogens is 1. The van der Waals surface area contributed by atoms with Gasteiger partial charge < -0.3 is 10.1 Å². The van der Waals surface area contributed by atoms with Crippen molar-refractivity contribution in [2.75, 3.05) is 19.0 Å². The first kappa shape index (κ1) is 14.4. The van der Waals surface area contributed by atoms with Gasteiger partial charge >= 0.3 is 0 Å². The molecule has 0 atom stereocenters. The lowest BCUT2D eigenvalue weighted by Gasteiger charge is -2.09. The first-order valence-electron chi connectivity index (χ1n) is 6.53. The van der Waals surface area contributed by atoms with Crippen LogP contribution in [0, 0.1) is 12.7 Å². The van der Waals surface area contributed by atoms with E-state index >= 15 is 0 Å². The van der Waals surface area contributed by atoms with E-state index in [4.69, 9.17) is 4.74 Å². The minimum atomic E-state index is -0.268. The van der Waals surface area contributed by atoms with Crippen LogP contribution in [0.5, 0.6) is 0 Å². The highest BCUT2D eigenvalue weighted by Crippen LogP contribution is 2.22. The fraction of sp³-hybridized carbons (Fsp3) is 0.333. The van der Waals surface area contributed by atoms with Crippen molar-refractivity contribution in [3.05, 3.63) is 41.5 Å². The Balaban J connectivity index is 2.43. The average Bonchev–Trinajstić information content (AvgIpc) is 2.43. The van der Waals surface area contributed by atoms with Gasteiger partial charge in [-0.05, 0) is 37.6 Å². The molecule has 1 aromatic carbocycles. The summed E-state index contributed by atoms with van der Waals surface area (Å²) < 4.78 is 18.8. The lowest BCUT2D eigenvalue weighted by molar-refractivity contribution is 0.128. The standard InChI is InChI=1S/C15H18FN3O/c1-4-20-9-15-18-13(8-14(17-3)19-15)11-5-10(2)6-12(16)7-11/h5-8H,4,9H2,1-3H3,(H,17,18,19). The van der Waals surface area contributed by atoms with Crippen LogP contribution in [-0.2, 0) is 11.3 Å². The third-order valence-electron chi connectivity index (χ3n) is 2.80. The van der Waals surface area contributed by atoms with Crippen molar-refractivity contribution in [2.45, 2.75) is 20.5 Å². The number of rotatable bonds is 5. The molecule has 1 aromatic heterocycles. The van der Waals surface area contributed by atoms with Crippen molar-refractivity contribution >= 4 is 5.82 Å². The molecule has 4 nitrogen and oxygen atoms in total. The molecule has 2 aromatic rings. The maximum atomic E-state index is 13.5. The monoisotopic (exact) mass is 275 g/mol. The van der Waals surface area contributed by atoms with Gasteiger partial charge in [0.15, 0.2) is 5.82 Å². The van der Waals surface area contributed by atoms with E-state index in [9.17, 15) is 4.39 Å². The predicted octanol–water partition coefficient (Wildman–Crippen LogP) is 3.17. The van der Waals surface area contributed by atoms with E-state index in [2.05, 4.69) is 15.3 Å². The molecule has 1 heterocycles. The zero-order chi connectivity index (χ0) is 14.5. The number of aromatic nitrogens is 2. The van der Waals surface area contributed by atoms with Crippen LogP contribution in [0.4, 0.5) is 10.2 Å². The molecule has 0 bridgehead atoms. The maximum absolute atomic E-state index is 13.5. The molecule has 20 heavy (non-hydrogen) atoms. The van der Waals surface area contributed by atoms with Crippen LogP contribution in [0.15, 0.2) is 24.3 Å². The molecule has 0 aliphatic rings. The SMILES string of the molecule is CCOCc1nc(NC)cc(-c2cc(C)cc(F)c2)n1. The Morgan fingerprint density at radius 1 is 1.20 bits per heavy atom. The molecule has 0 aliphatic carbocycles. The van der Waals surface area contributed by atoms with E-state index in [-0.39, 0.29) is 5.82 Å². The Bertz CT molecular complexity index is 581. The molecule has 0 unspecified atom stereocenters. The van der Waals surface area contributed by atoms with Crippen molar-refractivity contribution in [1.29, 1.82) is 0 Å².